The van der Waals surface area contributed by atoms with Crippen molar-refractivity contribution in [1.82, 2.24) is 4.98 Å². The van der Waals surface area contributed by atoms with Gasteiger partial charge in [0.25, 0.3) is 0 Å². The van der Waals surface area contributed by atoms with E-state index >= 15 is 0 Å². The molecule has 7 nitrogen and oxygen atoms in total. The molecular weight excluding hydrogens is 299 g/mol. The lowest BCUT2D eigenvalue weighted by molar-refractivity contribution is 0.00578. The maximum absolute atomic E-state index is 11.1. The minimum absolute atomic E-state index is 0.0594. The number of carbonyl (C=O) groups is 1. The van der Waals surface area contributed by atoms with Crippen LogP contribution < -0.4 is 5.73 Å². The van der Waals surface area contributed by atoms with E-state index in [0.29, 0.717) is 11.0 Å². The fraction of sp³-hybridized carbons (Fsp3) is 0.467. The number of aliphatic hydroxyl groups is 1. The molecule has 2 rings (SSSR count). The number of anilines is 1. The third kappa shape index (κ3) is 3.39. The van der Waals surface area contributed by atoms with E-state index in [1.165, 1.54) is 12.3 Å². The summed E-state index contributed by atoms with van der Waals surface area (Å²) in [7, 11) is -0.712. The largest absolute Gasteiger partial charge is 0.492 e. The van der Waals surface area contributed by atoms with Crippen molar-refractivity contribution >= 4 is 25.0 Å². The molecule has 0 atom stereocenters. The van der Waals surface area contributed by atoms with Crippen LogP contribution in [0.2, 0.25) is 0 Å². The molecule has 0 amide bonds. The lowest BCUT2D eigenvalue weighted by Crippen LogP contribution is -2.41. The highest BCUT2D eigenvalue weighted by Crippen LogP contribution is 2.38. The van der Waals surface area contributed by atoms with Gasteiger partial charge in [-0.3, -0.25) is 0 Å². The third-order valence-electron chi connectivity index (χ3n) is 4.26. The van der Waals surface area contributed by atoms with E-state index in [-0.39, 0.29) is 18.0 Å². The second-order valence-electron chi connectivity index (χ2n) is 6.47. The van der Waals surface area contributed by atoms with Crippen molar-refractivity contribution < 1.29 is 24.3 Å². The van der Waals surface area contributed by atoms with Crippen LogP contribution in [-0.2, 0) is 9.31 Å². The van der Waals surface area contributed by atoms with Gasteiger partial charge in [0.1, 0.15) is 11.4 Å². The van der Waals surface area contributed by atoms with Gasteiger partial charge in [-0.15, -0.1) is 0 Å². The molecule has 0 radical (unpaired) electrons. The van der Waals surface area contributed by atoms with Crippen molar-refractivity contribution in [2.24, 2.45) is 0 Å². The zero-order valence-corrected chi connectivity index (χ0v) is 13.7. The van der Waals surface area contributed by atoms with E-state index in [4.69, 9.17) is 20.1 Å². The molecule has 23 heavy (non-hydrogen) atoms. The first-order chi connectivity index (χ1) is 10.6. The van der Waals surface area contributed by atoms with Gasteiger partial charge in [0.15, 0.2) is 0 Å². The van der Waals surface area contributed by atoms with E-state index in [1.807, 2.05) is 27.7 Å². The van der Waals surface area contributed by atoms with Crippen molar-refractivity contribution in [2.45, 2.75) is 38.9 Å². The van der Waals surface area contributed by atoms with Crippen LogP contribution in [-0.4, -0.2) is 46.1 Å². The first-order valence-corrected chi connectivity index (χ1v) is 7.23. The predicted octanol–water partition coefficient (Wildman–Crippen LogP) is 1.37. The van der Waals surface area contributed by atoms with Crippen LogP contribution in [0, 0.1) is 0 Å². The molecular formula is C15H21BN2O5. The molecule has 1 aromatic heterocycles. The molecule has 2 heterocycles. The molecule has 1 aromatic rings. The van der Waals surface area contributed by atoms with Gasteiger partial charge in [-0.1, -0.05) is 6.08 Å². The number of pyridine rings is 1. The number of aromatic nitrogens is 1. The minimum Gasteiger partial charge on any atom is -0.478 e. The van der Waals surface area contributed by atoms with E-state index in [2.05, 4.69) is 4.98 Å². The number of hydrogen-bond acceptors (Lipinski definition) is 6. The number of hydrogen-bond donors (Lipinski definition) is 3. The Morgan fingerprint density at radius 2 is 1.91 bits per heavy atom. The second-order valence-corrected chi connectivity index (χ2v) is 6.47. The summed E-state index contributed by atoms with van der Waals surface area (Å²) in [4.78, 5) is 15.0. The summed E-state index contributed by atoms with van der Waals surface area (Å²) >= 11 is 0. The minimum atomic E-state index is -1.16. The number of nitrogens with two attached hydrogens (primary N) is 1. The smallest absolute Gasteiger partial charge is 0.478 e. The van der Waals surface area contributed by atoms with Gasteiger partial charge in [0.2, 0.25) is 0 Å². The molecule has 0 aromatic carbocycles. The molecule has 1 saturated heterocycles. The van der Waals surface area contributed by atoms with Crippen molar-refractivity contribution in [2.75, 3.05) is 12.3 Å². The van der Waals surface area contributed by atoms with Crippen LogP contribution in [0.25, 0.3) is 6.08 Å². The Kier molecular flexibility index (Phi) is 4.52. The number of rotatable bonds is 4. The fourth-order valence-corrected chi connectivity index (χ4v) is 2.14. The Morgan fingerprint density at radius 3 is 2.39 bits per heavy atom. The predicted molar refractivity (Wildman–Crippen MR) is 86.8 cm³/mol. The Balaban J connectivity index is 2.34. The molecule has 124 valence electrons. The number of carboxylic acids is 1. The van der Waals surface area contributed by atoms with Gasteiger partial charge in [-0.2, -0.15) is 0 Å². The summed E-state index contributed by atoms with van der Waals surface area (Å²) < 4.78 is 11.8. The van der Waals surface area contributed by atoms with Crippen molar-refractivity contribution in [3.05, 3.63) is 28.9 Å². The normalized spacial score (nSPS) is 19.9. The number of aliphatic hydroxyl groups excluding tert-OH is 1. The summed E-state index contributed by atoms with van der Waals surface area (Å²) in [5.41, 5.74) is 5.36. The average molecular weight is 320 g/mol. The van der Waals surface area contributed by atoms with Gasteiger partial charge in [-0.25, -0.2) is 9.78 Å². The standard InChI is InChI=1S/C15H21BN2O5/c1-14(2)15(3,4)23-16(22-14)10(8-19)5-9-6-11(13(20)21)12(17)18-7-9/h5-7,19H,8H2,1-4H3,(H2,17,18)(H,20,21). The number of nitrogen functional groups attached to an aromatic ring is 1. The zero-order valence-electron chi connectivity index (χ0n) is 13.7. The maximum Gasteiger partial charge on any atom is 0.492 e. The molecule has 8 heteroatoms. The van der Waals surface area contributed by atoms with E-state index in [0.717, 1.165) is 0 Å². The quantitative estimate of drug-likeness (QED) is 0.718. The molecule has 1 fully saturated rings. The Bertz CT molecular complexity index is 641. The van der Waals surface area contributed by atoms with Gasteiger partial charge in [0, 0.05) is 6.20 Å². The lowest BCUT2D eigenvalue weighted by atomic mass is 9.77. The average Bonchev–Trinajstić information content (AvgIpc) is 2.66. The molecule has 0 aliphatic carbocycles. The molecule has 0 bridgehead atoms. The molecule has 4 N–H and O–H groups in total. The van der Waals surface area contributed by atoms with Gasteiger partial charge >= 0.3 is 13.1 Å². The summed E-state index contributed by atoms with van der Waals surface area (Å²) in [5, 5.41) is 18.7. The molecule has 0 saturated carbocycles. The van der Waals surface area contributed by atoms with Crippen LogP contribution >= 0.6 is 0 Å². The lowest BCUT2D eigenvalue weighted by Gasteiger charge is -2.32. The van der Waals surface area contributed by atoms with Crippen molar-refractivity contribution in [3.8, 4) is 0 Å². The SMILES string of the molecule is CC1(C)OB(C(=Cc2cnc(N)c(C(=O)O)c2)CO)OC1(C)C. The summed E-state index contributed by atoms with van der Waals surface area (Å²) in [6.45, 7) is 7.36. The van der Waals surface area contributed by atoms with Crippen LogP contribution in [0.3, 0.4) is 0 Å². The molecule has 1 aliphatic heterocycles. The Hall–Kier alpha value is -1.90. The first-order valence-electron chi connectivity index (χ1n) is 7.23. The summed E-state index contributed by atoms with van der Waals surface area (Å²) in [6, 6.07) is 1.39. The highest BCUT2D eigenvalue weighted by atomic mass is 16.7. The Morgan fingerprint density at radius 1 is 1.35 bits per heavy atom. The van der Waals surface area contributed by atoms with Gasteiger partial charge in [-0.05, 0) is 44.8 Å². The monoisotopic (exact) mass is 320 g/mol. The molecule has 0 unspecified atom stereocenters. The van der Waals surface area contributed by atoms with Gasteiger partial charge in [0.05, 0.1) is 17.8 Å². The topological polar surface area (TPSA) is 115 Å². The van der Waals surface area contributed by atoms with E-state index in [1.54, 1.807) is 6.08 Å². The number of nitrogens with zero attached hydrogens (tertiary/aromatic N) is 1. The highest BCUT2D eigenvalue weighted by Gasteiger charge is 2.52. The molecule has 1 aliphatic rings. The van der Waals surface area contributed by atoms with Gasteiger partial charge < -0.3 is 25.3 Å². The first kappa shape index (κ1) is 17.5. The maximum atomic E-state index is 11.1. The van der Waals surface area contributed by atoms with Crippen molar-refractivity contribution in [3.63, 3.8) is 0 Å². The second kappa shape index (κ2) is 5.95. The van der Waals surface area contributed by atoms with Crippen LogP contribution in [0.5, 0.6) is 0 Å². The third-order valence-corrected chi connectivity index (χ3v) is 4.26. The summed E-state index contributed by atoms with van der Waals surface area (Å²) in [5.74, 6) is -1.22. The zero-order chi connectivity index (χ0) is 17.4. The van der Waals surface area contributed by atoms with E-state index in [9.17, 15) is 9.90 Å². The molecule has 0 spiro atoms. The number of carboxylic acid groups (broad SMARTS) is 1. The van der Waals surface area contributed by atoms with Crippen LogP contribution in [0.4, 0.5) is 5.82 Å². The van der Waals surface area contributed by atoms with Crippen molar-refractivity contribution in [1.29, 1.82) is 0 Å². The number of aromatic carboxylic acids is 1. The van der Waals surface area contributed by atoms with E-state index < -0.39 is 24.3 Å². The fourth-order valence-electron chi connectivity index (χ4n) is 2.14. The highest BCUT2D eigenvalue weighted by molar-refractivity contribution is 6.55. The van der Waals surface area contributed by atoms with Crippen LogP contribution in [0.15, 0.2) is 17.7 Å². The Labute approximate surface area is 135 Å². The van der Waals surface area contributed by atoms with Crippen LogP contribution in [0.1, 0.15) is 43.6 Å². The summed E-state index contributed by atoms with van der Waals surface area (Å²) in [6.07, 6.45) is 3.03.